The van der Waals surface area contributed by atoms with E-state index < -0.39 is 0 Å². The van der Waals surface area contributed by atoms with Crippen LogP contribution in [0.15, 0.2) is 54.6 Å². The molecule has 0 radical (unpaired) electrons. The number of nitrogens with zero attached hydrogens (tertiary/aromatic N) is 2. The smallest absolute Gasteiger partial charge is 0.0991 e. The highest BCUT2D eigenvalue weighted by molar-refractivity contribution is 5.31. The van der Waals surface area contributed by atoms with E-state index in [1.165, 1.54) is 37.1 Å². The fraction of sp³-hybridized carbons (Fsp3) is 0.350. The van der Waals surface area contributed by atoms with Crippen LogP contribution in [0.2, 0.25) is 0 Å². The molecule has 3 heteroatoms. The molecule has 0 amide bonds. The van der Waals surface area contributed by atoms with Crippen LogP contribution in [0.4, 0.5) is 0 Å². The molecule has 23 heavy (non-hydrogen) atoms. The minimum absolute atomic E-state index is 0.338. The summed E-state index contributed by atoms with van der Waals surface area (Å²) in [6.45, 7) is 4.29. The van der Waals surface area contributed by atoms with Gasteiger partial charge >= 0.3 is 0 Å². The van der Waals surface area contributed by atoms with Crippen molar-refractivity contribution in [2.45, 2.75) is 25.4 Å². The molecule has 0 saturated carbocycles. The van der Waals surface area contributed by atoms with Gasteiger partial charge in [0.25, 0.3) is 0 Å². The first-order valence-corrected chi connectivity index (χ1v) is 8.35. The van der Waals surface area contributed by atoms with Crippen LogP contribution in [0, 0.1) is 11.3 Å². The Morgan fingerprint density at radius 2 is 1.70 bits per heavy atom. The highest BCUT2D eigenvalue weighted by Crippen LogP contribution is 2.18. The lowest BCUT2D eigenvalue weighted by Gasteiger charge is -2.25. The van der Waals surface area contributed by atoms with E-state index in [4.69, 9.17) is 5.26 Å². The zero-order chi connectivity index (χ0) is 15.9. The zero-order valence-corrected chi connectivity index (χ0v) is 13.4. The quantitative estimate of drug-likeness (QED) is 0.888. The van der Waals surface area contributed by atoms with E-state index in [1.54, 1.807) is 0 Å². The molecule has 1 fully saturated rings. The van der Waals surface area contributed by atoms with Gasteiger partial charge in [0.05, 0.1) is 11.6 Å². The van der Waals surface area contributed by atoms with Crippen LogP contribution < -0.4 is 5.32 Å². The maximum absolute atomic E-state index is 8.88. The number of rotatable bonds is 6. The fourth-order valence-electron chi connectivity index (χ4n) is 3.13. The van der Waals surface area contributed by atoms with Crippen molar-refractivity contribution >= 4 is 0 Å². The van der Waals surface area contributed by atoms with Crippen LogP contribution >= 0.6 is 0 Å². The highest BCUT2D eigenvalue weighted by atomic mass is 15.2. The number of likely N-dealkylation sites (tertiary alicyclic amines) is 1. The van der Waals surface area contributed by atoms with Gasteiger partial charge < -0.3 is 10.2 Å². The first-order valence-electron chi connectivity index (χ1n) is 8.35. The molecule has 1 atom stereocenters. The van der Waals surface area contributed by atoms with E-state index in [-0.39, 0.29) is 0 Å². The van der Waals surface area contributed by atoms with Crippen molar-refractivity contribution in [2.75, 3.05) is 19.6 Å². The summed E-state index contributed by atoms with van der Waals surface area (Å²) in [5.41, 5.74) is 3.27. The predicted molar refractivity (Wildman–Crippen MR) is 92.9 cm³/mol. The molecule has 0 bridgehead atoms. The summed E-state index contributed by atoms with van der Waals surface area (Å²) in [5.74, 6) is 0. The molecular weight excluding hydrogens is 282 g/mol. The van der Waals surface area contributed by atoms with Crippen molar-refractivity contribution in [2.24, 2.45) is 0 Å². The monoisotopic (exact) mass is 305 g/mol. The first kappa shape index (κ1) is 15.7. The van der Waals surface area contributed by atoms with Gasteiger partial charge in [-0.25, -0.2) is 0 Å². The maximum atomic E-state index is 8.88. The Kier molecular flexibility index (Phi) is 5.42. The largest absolute Gasteiger partial charge is 0.305 e. The zero-order valence-electron chi connectivity index (χ0n) is 13.4. The van der Waals surface area contributed by atoms with Crippen molar-refractivity contribution < 1.29 is 0 Å². The third-order valence-electron chi connectivity index (χ3n) is 4.48. The third-order valence-corrected chi connectivity index (χ3v) is 4.48. The molecule has 1 unspecified atom stereocenters. The van der Waals surface area contributed by atoms with Crippen LogP contribution in [0.5, 0.6) is 0 Å². The van der Waals surface area contributed by atoms with Gasteiger partial charge in [-0.1, -0.05) is 42.5 Å². The van der Waals surface area contributed by atoms with E-state index >= 15 is 0 Å². The van der Waals surface area contributed by atoms with Gasteiger partial charge in [-0.2, -0.15) is 5.26 Å². The molecule has 0 aromatic heterocycles. The van der Waals surface area contributed by atoms with Gasteiger partial charge in [-0.3, -0.25) is 0 Å². The van der Waals surface area contributed by atoms with Gasteiger partial charge in [-0.05, 0) is 49.2 Å². The van der Waals surface area contributed by atoms with Crippen LogP contribution in [0.25, 0.3) is 0 Å². The average Bonchev–Trinajstić information content (AvgIpc) is 3.13. The molecule has 0 aliphatic carbocycles. The Balaban J connectivity index is 1.66. The third kappa shape index (κ3) is 4.41. The number of hydrogen-bond acceptors (Lipinski definition) is 3. The second kappa shape index (κ2) is 7.92. The summed E-state index contributed by atoms with van der Waals surface area (Å²) >= 11 is 0. The minimum Gasteiger partial charge on any atom is -0.305 e. The molecule has 3 nitrogen and oxygen atoms in total. The molecule has 2 aromatic rings. The molecular formula is C20H23N3. The molecule has 1 N–H and O–H groups in total. The van der Waals surface area contributed by atoms with E-state index in [0.29, 0.717) is 11.6 Å². The molecule has 1 heterocycles. The van der Waals surface area contributed by atoms with Gasteiger partial charge in [0.1, 0.15) is 0 Å². The van der Waals surface area contributed by atoms with E-state index in [9.17, 15) is 0 Å². The van der Waals surface area contributed by atoms with Crippen LogP contribution in [0.3, 0.4) is 0 Å². The summed E-state index contributed by atoms with van der Waals surface area (Å²) in [6, 6.07) is 21.0. The first-order chi connectivity index (χ1) is 11.3. The van der Waals surface area contributed by atoms with E-state index in [0.717, 1.165) is 13.1 Å². The summed E-state index contributed by atoms with van der Waals surface area (Å²) in [6.07, 6.45) is 2.63. The normalized spacial score (nSPS) is 16.1. The Labute approximate surface area is 138 Å². The Bertz CT molecular complexity index is 637. The number of hydrogen-bond donors (Lipinski definition) is 1. The summed E-state index contributed by atoms with van der Waals surface area (Å²) in [4.78, 5) is 2.55. The predicted octanol–water partition coefficient (Wildman–Crippen LogP) is 3.48. The molecule has 0 spiro atoms. The van der Waals surface area contributed by atoms with Crippen LogP contribution in [-0.4, -0.2) is 24.5 Å². The van der Waals surface area contributed by atoms with Crippen LogP contribution in [0.1, 0.15) is 35.6 Å². The van der Waals surface area contributed by atoms with Gasteiger partial charge in [0.2, 0.25) is 0 Å². The van der Waals surface area contributed by atoms with Crippen LogP contribution in [-0.2, 0) is 6.54 Å². The van der Waals surface area contributed by atoms with Crippen molar-refractivity contribution in [3.8, 4) is 6.07 Å². The minimum atomic E-state index is 0.338. The lowest BCUT2D eigenvalue weighted by Crippen LogP contribution is -2.33. The van der Waals surface area contributed by atoms with E-state index in [1.807, 2.05) is 24.3 Å². The molecule has 1 aliphatic heterocycles. The SMILES string of the molecule is N#Cc1ccc(CNC(CN2CCCC2)c2ccccc2)cc1. The molecule has 1 saturated heterocycles. The number of benzene rings is 2. The van der Waals surface area contributed by atoms with Crippen molar-refractivity contribution in [1.29, 1.82) is 5.26 Å². The maximum Gasteiger partial charge on any atom is 0.0991 e. The highest BCUT2D eigenvalue weighted by Gasteiger charge is 2.18. The topological polar surface area (TPSA) is 39.1 Å². The van der Waals surface area contributed by atoms with Gasteiger partial charge in [0.15, 0.2) is 0 Å². The Morgan fingerprint density at radius 1 is 1.00 bits per heavy atom. The number of nitrogens with one attached hydrogen (secondary N) is 1. The van der Waals surface area contributed by atoms with Crippen molar-refractivity contribution in [1.82, 2.24) is 10.2 Å². The standard InChI is InChI=1S/C20H23N3/c21-14-17-8-10-18(11-9-17)15-22-20(16-23-12-4-5-13-23)19-6-2-1-3-7-19/h1-3,6-11,20,22H,4-5,12-13,15-16H2. The lowest BCUT2D eigenvalue weighted by atomic mass is 10.1. The van der Waals surface area contributed by atoms with Gasteiger partial charge in [0, 0.05) is 19.1 Å². The van der Waals surface area contributed by atoms with Gasteiger partial charge in [-0.15, -0.1) is 0 Å². The lowest BCUT2D eigenvalue weighted by molar-refractivity contribution is 0.291. The Morgan fingerprint density at radius 3 is 2.35 bits per heavy atom. The average molecular weight is 305 g/mol. The summed E-state index contributed by atoms with van der Waals surface area (Å²) < 4.78 is 0. The van der Waals surface area contributed by atoms with Crippen molar-refractivity contribution in [3.63, 3.8) is 0 Å². The second-order valence-electron chi connectivity index (χ2n) is 6.16. The molecule has 118 valence electrons. The molecule has 1 aliphatic rings. The summed E-state index contributed by atoms with van der Waals surface area (Å²) in [7, 11) is 0. The molecule has 2 aromatic carbocycles. The fourth-order valence-corrected chi connectivity index (χ4v) is 3.13. The molecule has 3 rings (SSSR count). The summed E-state index contributed by atoms with van der Waals surface area (Å²) in [5, 5.41) is 12.6. The van der Waals surface area contributed by atoms with E-state index in [2.05, 4.69) is 46.6 Å². The Hall–Kier alpha value is -2.15. The van der Waals surface area contributed by atoms with Crippen molar-refractivity contribution in [3.05, 3.63) is 71.3 Å². The second-order valence-corrected chi connectivity index (χ2v) is 6.16. The number of nitriles is 1.